The van der Waals surface area contributed by atoms with Crippen molar-refractivity contribution < 1.29 is 14.3 Å². The lowest BCUT2D eigenvalue weighted by molar-refractivity contribution is 0.0698. The van der Waals surface area contributed by atoms with Gasteiger partial charge >= 0.3 is 5.97 Å². The number of rotatable bonds is 3. The number of carboxylic acids is 1. The Morgan fingerprint density at radius 2 is 2.23 bits per heavy atom. The number of halogens is 1. The van der Waals surface area contributed by atoms with Crippen molar-refractivity contribution in [1.82, 2.24) is 0 Å². The molecule has 0 spiro atoms. The van der Waals surface area contributed by atoms with Crippen molar-refractivity contribution in [3.63, 3.8) is 0 Å². The van der Waals surface area contributed by atoms with E-state index in [1.54, 1.807) is 6.07 Å². The zero-order chi connectivity index (χ0) is 9.84. The van der Waals surface area contributed by atoms with E-state index in [0.717, 1.165) is 0 Å². The minimum Gasteiger partial charge on any atom is -0.478 e. The maximum atomic E-state index is 11.9. The third kappa shape index (κ3) is 2.18. The van der Waals surface area contributed by atoms with Crippen LogP contribution in [0.15, 0.2) is 18.2 Å². The minimum absolute atomic E-state index is 0.0333. The van der Waals surface area contributed by atoms with Crippen LogP contribution in [0.4, 0.5) is 10.1 Å². The Bertz CT molecular complexity index is 325. The molecule has 0 amide bonds. The number of nitrogens with two attached hydrogens (primary N) is 1. The molecular weight excluding hydrogens is 173 g/mol. The smallest absolute Gasteiger partial charge is 0.337 e. The van der Waals surface area contributed by atoms with Crippen molar-refractivity contribution in [2.45, 2.75) is 6.42 Å². The summed E-state index contributed by atoms with van der Waals surface area (Å²) in [4.78, 5) is 10.6. The van der Waals surface area contributed by atoms with Crippen LogP contribution >= 0.6 is 0 Å². The number of hydrogen-bond donors (Lipinski definition) is 2. The van der Waals surface area contributed by atoms with Crippen LogP contribution < -0.4 is 5.73 Å². The lowest BCUT2D eigenvalue weighted by atomic mass is 10.1. The van der Waals surface area contributed by atoms with Crippen LogP contribution in [0.2, 0.25) is 0 Å². The second kappa shape index (κ2) is 3.89. The summed E-state index contributed by atoms with van der Waals surface area (Å²) in [6.45, 7) is -0.497. The standard InChI is InChI=1S/C9H10FNO2/c10-4-3-6-1-2-8(11)7(5-6)9(12)13/h1-2,5H,3-4,11H2,(H,12,13). The number of carboxylic acid groups (broad SMARTS) is 1. The summed E-state index contributed by atoms with van der Waals surface area (Å²) in [6, 6.07) is 4.51. The van der Waals surface area contributed by atoms with Gasteiger partial charge in [0.2, 0.25) is 0 Å². The molecule has 0 atom stereocenters. The molecule has 0 aliphatic carbocycles. The molecule has 13 heavy (non-hydrogen) atoms. The van der Waals surface area contributed by atoms with E-state index in [0.29, 0.717) is 5.56 Å². The van der Waals surface area contributed by atoms with Crippen molar-refractivity contribution in [3.8, 4) is 0 Å². The van der Waals surface area contributed by atoms with Crippen molar-refractivity contribution in [3.05, 3.63) is 29.3 Å². The van der Waals surface area contributed by atoms with Gasteiger partial charge in [0.25, 0.3) is 0 Å². The quantitative estimate of drug-likeness (QED) is 0.697. The summed E-state index contributed by atoms with van der Waals surface area (Å²) in [6.07, 6.45) is 0.223. The van der Waals surface area contributed by atoms with Gasteiger partial charge in [-0.2, -0.15) is 0 Å². The first-order valence-electron chi connectivity index (χ1n) is 3.83. The largest absolute Gasteiger partial charge is 0.478 e. The first-order chi connectivity index (χ1) is 6.15. The minimum atomic E-state index is -1.08. The molecule has 1 aromatic carbocycles. The molecular formula is C9H10FNO2. The number of anilines is 1. The molecule has 1 rings (SSSR count). The van der Waals surface area contributed by atoms with E-state index in [1.807, 2.05) is 0 Å². The fourth-order valence-corrected chi connectivity index (χ4v) is 1.05. The van der Waals surface area contributed by atoms with Gasteiger partial charge in [0, 0.05) is 12.1 Å². The van der Waals surface area contributed by atoms with Crippen LogP contribution in [0.3, 0.4) is 0 Å². The normalized spacial score (nSPS) is 9.92. The second-order valence-corrected chi connectivity index (χ2v) is 2.67. The Morgan fingerprint density at radius 3 is 2.77 bits per heavy atom. The number of nitrogen functional groups attached to an aromatic ring is 1. The SMILES string of the molecule is Nc1ccc(CCF)cc1C(=O)O. The molecule has 0 aromatic heterocycles. The predicted octanol–water partition coefficient (Wildman–Crippen LogP) is 1.48. The fraction of sp³-hybridized carbons (Fsp3) is 0.222. The zero-order valence-electron chi connectivity index (χ0n) is 6.96. The molecule has 0 saturated carbocycles. The summed E-state index contributed by atoms with van der Waals surface area (Å²) in [7, 11) is 0. The highest BCUT2D eigenvalue weighted by molar-refractivity contribution is 5.93. The van der Waals surface area contributed by atoms with Gasteiger partial charge in [0.15, 0.2) is 0 Å². The average Bonchev–Trinajstić information content (AvgIpc) is 2.08. The van der Waals surface area contributed by atoms with Crippen LogP contribution in [-0.4, -0.2) is 17.8 Å². The number of alkyl halides is 1. The van der Waals surface area contributed by atoms with E-state index in [2.05, 4.69) is 0 Å². The van der Waals surface area contributed by atoms with Gasteiger partial charge in [0.05, 0.1) is 12.2 Å². The highest BCUT2D eigenvalue weighted by Gasteiger charge is 2.07. The van der Waals surface area contributed by atoms with E-state index < -0.39 is 12.6 Å². The Balaban J connectivity index is 3.04. The van der Waals surface area contributed by atoms with Crippen molar-refractivity contribution in [1.29, 1.82) is 0 Å². The molecule has 70 valence electrons. The molecule has 0 bridgehead atoms. The molecule has 0 radical (unpaired) electrons. The van der Waals surface area contributed by atoms with Gasteiger partial charge in [-0.05, 0) is 17.7 Å². The Hall–Kier alpha value is -1.58. The number of aryl methyl sites for hydroxylation is 1. The molecule has 0 aliphatic heterocycles. The summed E-state index contributed by atoms with van der Waals surface area (Å²) in [5.41, 5.74) is 6.30. The molecule has 0 saturated heterocycles. The lowest BCUT2D eigenvalue weighted by Gasteiger charge is -2.02. The molecule has 1 aromatic rings. The molecule has 3 N–H and O–H groups in total. The Morgan fingerprint density at radius 1 is 1.54 bits per heavy atom. The van der Waals surface area contributed by atoms with Crippen LogP contribution in [0.5, 0.6) is 0 Å². The van der Waals surface area contributed by atoms with Gasteiger partial charge in [-0.1, -0.05) is 6.07 Å². The second-order valence-electron chi connectivity index (χ2n) is 2.67. The maximum Gasteiger partial charge on any atom is 0.337 e. The van der Waals surface area contributed by atoms with E-state index in [4.69, 9.17) is 10.8 Å². The zero-order valence-corrected chi connectivity index (χ0v) is 6.96. The lowest BCUT2D eigenvalue weighted by Crippen LogP contribution is -2.03. The fourth-order valence-electron chi connectivity index (χ4n) is 1.05. The van der Waals surface area contributed by atoms with Gasteiger partial charge in [-0.3, -0.25) is 4.39 Å². The number of benzene rings is 1. The molecule has 0 unspecified atom stereocenters. The first-order valence-corrected chi connectivity index (χ1v) is 3.83. The first kappa shape index (κ1) is 9.51. The topological polar surface area (TPSA) is 63.3 Å². The molecule has 0 heterocycles. The number of carbonyl (C=O) groups is 1. The molecule has 0 aliphatic rings. The van der Waals surface area contributed by atoms with E-state index in [9.17, 15) is 9.18 Å². The molecule has 4 heteroatoms. The summed E-state index contributed by atoms with van der Waals surface area (Å²) in [5.74, 6) is -1.08. The number of hydrogen-bond acceptors (Lipinski definition) is 2. The van der Waals surface area contributed by atoms with Crippen LogP contribution in [0.25, 0.3) is 0 Å². The van der Waals surface area contributed by atoms with Gasteiger partial charge < -0.3 is 10.8 Å². The summed E-state index contributed by atoms with van der Waals surface area (Å²) in [5, 5.41) is 8.68. The third-order valence-electron chi connectivity index (χ3n) is 1.73. The van der Waals surface area contributed by atoms with E-state index in [-0.39, 0.29) is 17.7 Å². The summed E-state index contributed by atoms with van der Waals surface area (Å²) < 4.78 is 11.9. The monoisotopic (exact) mass is 183 g/mol. The molecule has 0 fully saturated rings. The molecule has 3 nitrogen and oxygen atoms in total. The van der Waals surface area contributed by atoms with Crippen LogP contribution in [-0.2, 0) is 6.42 Å². The van der Waals surface area contributed by atoms with Crippen molar-refractivity contribution in [2.75, 3.05) is 12.4 Å². The van der Waals surface area contributed by atoms with Crippen molar-refractivity contribution >= 4 is 11.7 Å². The third-order valence-corrected chi connectivity index (χ3v) is 1.73. The highest BCUT2D eigenvalue weighted by atomic mass is 19.1. The van der Waals surface area contributed by atoms with E-state index in [1.165, 1.54) is 12.1 Å². The Kier molecular flexibility index (Phi) is 2.84. The van der Waals surface area contributed by atoms with Gasteiger partial charge in [0.1, 0.15) is 0 Å². The van der Waals surface area contributed by atoms with Gasteiger partial charge in [-0.15, -0.1) is 0 Å². The summed E-state index contributed by atoms with van der Waals surface area (Å²) >= 11 is 0. The average molecular weight is 183 g/mol. The predicted molar refractivity (Wildman–Crippen MR) is 47.5 cm³/mol. The highest BCUT2D eigenvalue weighted by Crippen LogP contribution is 2.14. The maximum absolute atomic E-state index is 11.9. The van der Waals surface area contributed by atoms with Crippen LogP contribution in [0.1, 0.15) is 15.9 Å². The van der Waals surface area contributed by atoms with Crippen LogP contribution in [0, 0.1) is 0 Å². The van der Waals surface area contributed by atoms with Crippen molar-refractivity contribution in [2.24, 2.45) is 0 Å². The van der Waals surface area contributed by atoms with E-state index >= 15 is 0 Å². The van der Waals surface area contributed by atoms with Gasteiger partial charge in [-0.25, -0.2) is 4.79 Å². The Labute approximate surface area is 75.0 Å². The number of aromatic carboxylic acids is 1.